The number of amides is 1. The molecule has 1 atom stereocenters. The molecule has 0 fully saturated rings. The highest BCUT2D eigenvalue weighted by Crippen LogP contribution is 2.44. The van der Waals surface area contributed by atoms with Crippen LogP contribution in [0.1, 0.15) is 38.9 Å². The summed E-state index contributed by atoms with van der Waals surface area (Å²) in [6.45, 7) is -0.376. The van der Waals surface area contributed by atoms with Gasteiger partial charge in [-0.2, -0.15) is 0 Å². The van der Waals surface area contributed by atoms with Crippen LogP contribution >= 0.6 is 0 Å². The molecule has 262 valence electrons. The zero-order valence-corrected chi connectivity index (χ0v) is 28.5. The van der Waals surface area contributed by atoms with Crippen LogP contribution in [0.5, 0.6) is 0 Å². The second kappa shape index (κ2) is 14.6. The van der Waals surface area contributed by atoms with Crippen LogP contribution in [0.2, 0.25) is 0 Å². The van der Waals surface area contributed by atoms with E-state index in [-0.39, 0.29) is 12.4 Å². The molecule has 0 bridgehead atoms. The molecular formula is C43H35F2N7O. The van der Waals surface area contributed by atoms with E-state index in [2.05, 4.69) is 61.8 Å². The number of H-pyrrole nitrogens is 1. The van der Waals surface area contributed by atoms with Gasteiger partial charge in [0.1, 0.15) is 5.54 Å². The number of hydrogen-bond donors (Lipinski definition) is 3. The molecule has 5 aromatic carbocycles. The molecule has 0 radical (unpaired) electrons. The maximum Gasteiger partial charge on any atom is 0.289 e. The molecule has 0 unspecified atom stereocenters. The first-order chi connectivity index (χ1) is 26.0. The van der Waals surface area contributed by atoms with Crippen molar-refractivity contribution in [2.45, 2.75) is 18.0 Å². The molecule has 0 aliphatic heterocycles. The Morgan fingerprint density at radius 2 is 1.23 bits per heavy atom. The van der Waals surface area contributed by atoms with Crippen molar-refractivity contribution in [3.63, 3.8) is 0 Å². The lowest BCUT2D eigenvalue weighted by atomic mass is 9.77. The van der Waals surface area contributed by atoms with Gasteiger partial charge in [-0.25, -0.2) is 18.7 Å². The minimum atomic E-state index is -2.51. The Morgan fingerprint density at radius 1 is 0.698 bits per heavy atom. The molecule has 3 heterocycles. The van der Waals surface area contributed by atoms with E-state index in [0.717, 1.165) is 44.4 Å². The molecule has 0 saturated carbocycles. The van der Waals surface area contributed by atoms with Gasteiger partial charge in [-0.3, -0.25) is 19.6 Å². The van der Waals surface area contributed by atoms with Crippen molar-refractivity contribution >= 4 is 27.8 Å². The van der Waals surface area contributed by atoms with Crippen LogP contribution < -0.4 is 10.6 Å². The van der Waals surface area contributed by atoms with Gasteiger partial charge in [-0.1, -0.05) is 121 Å². The molecule has 8 aromatic rings. The first-order valence-corrected chi connectivity index (χ1v) is 17.4. The fraction of sp³-hybridized carbons (Fsp3) is 0.116. The summed E-state index contributed by atoms with van der Waals surface area (Å²) >= 11 is 0. The average molecular weight is 704 g/mol. The topological polar surface area (TPSA) is 101 Å². The summed E-state index contributed by atoms with van der Waals surface area (Å²) in [7, 11) is 0. The zero-order valence-electron chi connectivity index (χ0n) is 28.5. The summed E-state index contributed by atoms with van der Waals surface area (Å²) in [5.74, 6) is -0.515. The first kappa shape index (κ1) is 33.6. The second-order valence-corrected chi connectivity index (χ2v) is 12.8. The Labute approximate surface area is 304 Å². The molecule has 53 heavy (non-hydrogen) atoms. The van der Waals surface area contributed by atoms with Crippen LogP contribution in [0.4, 0.5) is 8.78 Å². The highest BCUT2D eigenvalue weighted by atomic mass is 19.3. The number of nitrogens with zero attached hydrogens (tertiary/aromatic N) is 4. The van der Waals surface area contributed by atoms with E-state index in [4.69, 9.17) is 9.97 Å². The molecule has 0 aliphatic carbocycles. The van der Waals surface area contributed by atoms with E-state index < -0.39 is 30.5 Å². The molecule has 0 aliphatic rings. The predicted octanol–water partition coefficient (Wildman–Crippen LogP) is 8.14. The first-order valence-electron chi connectivity index (χ1n) is 17.4. The van der Waals surface area contributed by atoms with E-state index >= 15 is 0 Å². The van der Waals surface area contributed by atoms with Crippen molar-refractivity contribution in [3.8, 4) is 11.3 Å². The number of nitrogens with one attached hydrogen (secondary N) is 3. The minimum Gasteiger partial charge on any atom is -0.341 e. The van der Waals surface area contributed by atoms with Crippen LogP contribution in [-0.4, -0.2) is 50.2 Å². The zero-order chi connectivity index (χ0) is 36.2. The quantitative estimate of drug-likeness (QED) is 0.112. The molecule has 8 nitrogen and oxygen atoms in total. The van der Waals surface area contributed by atoms with Crippen LogP contribution in [0, 0.1) is 0 Å². The largest absolute Gasteiger partial charge is 0.341 e. The number of imidazole rings is 1. The lowest BCUT2D eigenvalue weighted by Gasteiger charge is -2.37. The normalized spacial score (nSPS) is 12.4. The van der Waals surface area contributed by atoms with E-state index in [0.29, 0.717) is 11.0 Å². The number of alkyl halides is 2. The number of hydrogen-bond acceptors (Lipinski definition) is 5. The standard InChI is InChI=1S/C43H35F2N7O/c44-39(45)28-47-27-37(29-13-5-1-6-14-29)50-42(53)41-48-35-25-34-38(26-36(35)49-41)52(51-40(34)30-21-23-46-24-22-30)43(31-15-7-2-8-16-31,32-17-9-3-10-18-32)33-19-11-4-12-20-33/h1-26,37,39,47,51H,27-28H2,(H,50,53)/t37-/m1/s1. The van der Waals surface area contributed by atoms with Crippen molar-refractivity contribution in [2.24, 2.45) is 0 Å². The van der Waals surface area contributed by atoms with E-state index in [1.807, 2.05) is 109 Å². The molecule has 0 saturated heterocycles. The maximum atomic E-state index is 13.8. The Bertz CT molecular complexity index is 2360. The highest BCUT2D eigenvalue weighted by Gasteiger charge is 2.40. The second-order valence-electron chi connectivity index (χ2n) is 12.8. The third-order valence-electron chi connectivity index (χ3n) is 9.52. The number of rotatable bonds is 12. The Morgan fingerprint density at radius 3 is 1.77 bits per heavy atom. The Kier molecular flexibility index (Phi) is 9.27. The minimum absolute atomic E-state index is 0.0103. The van der Waals surface area contributed by atoms with Crippen molar-refractivity contribution in [2.75, 3.05) is 13.1 Å². The van der Waals surface area contributed by atoms with Crippen LogP contribution in [0.15, 0.2) is 158 Å². The number of pyridine rings is 1. The fourth-order valence-corrected chi connectivity index (χ4v) is 7.14. The van der Waals surface area contributed by atoms with Crippen molar-refractivity contribution < 1.29 is 13.6 Å². The number of aromatic amines is 1. The molecule has 3 aromatic heterocycles. The van der Waals surface area contributed by atoms with E-state index in [1.165, 1.54) is 0 Å². The van der Waals surface area contributed by atoms with Gasteiger partial charge in [0.15, 0.2) is 0 Å². The molecular weight excluding hydrogens is 669 g/mol. The summed E-state index contributed by atoms with van der Waals surface area (Å²) < 4.78 is 28.1. The van der Waals surface area contributed by atoms with Gasteiger partial charge < -0.3 is 10.6 Å². The fourth-order valence-electron chi connectivity index (χ4n) is 7.14. The smallest absolute Gasteiger partial charge is 0.289 e. The van der Waals surface area contributed by atoms with Gasteiger partial charge >= 0.3 is 0 Å². The molecule has 0 spiro atoms. The molecule has 8 rings (SSSR count). The predicted molar refractivity (Wildman–Crippen MR) is 203 cm³/mol. The third kappa shape index (κ3) is 6.45. The number of carbonyl (C=O) groups excluding carboxylic acids is 1. The number of carbonyl (C=O) groups is 1. The van der Waals surface area contributed by atoms with Gasteiger partial charge in [-0.05, 0) is 46.5 Å². The molecule has 1 amide bonds. The number of halogens is 2. The van der Waals surface area contributed by atoms with Crippen molar-refractivity contribution in [1.29, 1.82) is 0 Å². The molecule has 10 heteroatoms. The van der Waals surface area contributed by atoms with Crippen LogP contribution in [0.25, 0.3) is 33.2 Å². The SMILES string of the molecule is O=C(N[C@H](CNCC(F)F)c1ccccc1)c1nc2cc3c(-c4ccncc4)[nH]n(C(c4ccccc4)(c4ccccc4)c4ccccc4)c3cc2n1. The lowest BCUT2D eigenvalue weighted by Crippen LogP contribution is -2.38. The molecule has 3 N–H and O–H groups in total. The summed E-state index contributed by atoms with van der Waals surface area (Å²) in [4.78, 5) is 27.5. The highest BCUT2D eigenvalue weighted by molar-refractivity contribution is 6.03. The van der Waals surface area contributed by atoms with Crippen molar-refractivity contribution in [3.05, 3.63) is 186 Å². The number of benzene rings is 5. The van der Waals surface area contributed by atoms with Crippen LogP contribution in [-0.2, 0) is 5.54 Å². The Hall–Kier alpha value is -6.52. The van der Waals surface area contributed by atoms with Crippen molar-refractivity contribution in [1.82, 2.24) is 35.4 Å². The van der Waals surface area contributed by atoms with Gasteiger partial charge in [0.05, 0.1) is 34.8 Å². The third-order valence-corrected chi connectivity index (χ3v) is 9.52. The average Bonchev–Trinajstić information content (AvgIpc) is 3.80. The van der Waals surface area contributed by atoms with E-state index in [9.17, 15) is 13.6 Å². The number of aromatic nitrogens is 5. The van der Waals surface area contributed by atoms with Gasteiger partial charge in [0.2, 0.25) is 5.82 Å². The maximum absolute atomic E-state index is 13.8. The summed E-state index contributed by atoms with van der Waals surface area (Å²) in [5, 5.41) is 10.4. The van der Waals surface area contributed by atoms with Gasteiger partial charge in [0.25, 0.3) is 12.3 Å². The summed E-state index contributed by atoms with van der Waals surface area (Å²) in [6, 6.07) is 47.6. The van der Waals surface area contributed by atoms with Gasteiger partial charge in [-0.15, -0.1) is 0 Å². The van der Waals surface area contributed by atoms with Gasteiger partial charge in [0, 0.05) is 29.9 Å². The number of fused-ring (bicyclic) bond motifs is 2. The monoisotopic (exact) mass is 703 g/mol. The summed E-state index contributed by atoms with van der Waals surface area (Å²) in [5.41, 5.74) is 6.70. The Balaban J connectivity index is 1.32. The van der Waals surface area contributed by atoms with E-state index in [1.54, 1.807) is 12.4 Å². The summed E-state index contributed by atoms with van der Waals surface area (Å²) in [6.07, 6.45) is 1.00. The van der Waals surface area contributed by atoms with Crippen LogP contribution in [0.3, 0.4) is 0 Å². The lowest BCUT2D eigenvalue weighted by molar-refractivity contribution is 0.0925.